The second kappa shape index (κ2) is 8.30. The zero-order valence-corrected chi connectivity index (χ0v) is 18.1. The number of hydrogen-bond donors (Lipinski definition) is 1. The zero-order chi connectivity index (χ0) is 22.1. The maximum atomic E-state index is 12.9. The molecule has 1 aliphatic heterocycles. The normalized spacial score (nSPS) is 13.1. The first-order valence-corrected chi connectivity index (χ1v) is 10.6. The molecule has 0 atom stereocenters. The van der Waals surface area contributed by atoms with Crippen LogP contribution in [0.15, 0.2) is 59.1 Å². The molecular weight excluding hydrogens is 404 g/mol. The van der Waals surface area contributed by atoms with Gasteiger partial charge in [0.05, 0.1) is 6.54 Å². The maximum absolute atomic E-state index is 12.9. The number of aryl methyl sites for hydroxylation is 2. The van der Waals surface area contributed by atoms with E-state index in [1.165, 1.54) is 0 Å². The summed E-state index contributed by atoms with van der Waals surface area (Å²) in [5, 5.41) is 11.8. The van der Waals surface area contributed by atoms with E-state index < -0.39 is 0 Å². The van der Waals surface area contributed by atoms with Crippen LogP contribution in [0.1, 0.15) is 28.2 Å². The highest BCUT2D eigenvalue weighted by molar-refractivity contribution is 5.89. The Morgan fingerprint density at radius 2 is 2.00 bits per heavy atom. The number of nitrogens with zero attached hydrogens (tertiary/aromatic N) is 5. The number of hydrogen-bond acceptors (Lipinski definition) is 5. The van der Waals surface area contributed by atoms with Gasteiger partial charge < -0.3 is 14.7 Å². The Labute approximate surface area is 185 Å². The Kier molecular flexibility index (Phi) is 5.18. The van der Waals surface area contributed by atoms with Gasteiger partial charge in [0.2, 0.25) is 0 Å². The molecule has 0 saturated carbocycles. The Morgan fingerprint density at radius 1 is 1.16 bits per heavy atom. The summed E-state index contributed by atoms with van der Waals surface area (Å²) in [6, 6.07) is 17.7. The topological polar surface area (TPSA) is 89.1 Å². The zero-order valence-electron chi connectivity index (χ0n) is 18.1. The van der Waals surface area contributed by atoms with Gasteiger partial charge in [-0.2, -0.15) is 10.1 Å². The highest BCUT2D eigenvalue weighted by atomic mass is 16.5. The molecule has 3 heterocycles. The van der Waals surface area contributed by atoms with Gasteiger partial charge in [0.25, 0.3) is 5.89 Å². The minimum Gasteiger partial charge on any atom is -0.332 e. The van der Waals surface area contributed by atoms with Gasteiger partial charge >= 0.3 is 6.03 Å². The lowest BCUT2D eigenvalue weighted by Crippen LogP contribution is -2.39. The van der Waals surface area contributed by atoms with Crippen molar-refractivity contribution in [3.05, 3.63) is 82.8 Å². The lowest BCUT2D eigenvalue weighted by atomic mass is 10.1. The summed E-state index contributed by atoms with van der Waals surface area (Å²) < 4.78 is 7.40. The molecule has 1 aliphatic rings. The molecule has 0 unspecified atom stereocenters. The molecule has 2 aromatic carbocycles. The fourth-order valence-electron chi connectivity index (χ4n) is 4.06. The van der Waals surface area contributed by atoms with E-state index in [1.54, 1.807) is 4.90 Å². The van der Waals surface area contributed by atoms with Crippen LogP contribution in [0.2, 0.25) is 0 Å². The first kappa shape index (κ1) is 20.0. The van der Waals surface area contributed by atoms with E-state index in [2.05, 4.69) is 20.6 Å². The molecule has 32 heavy (non-hydrogen) atoms. The average Bonchev–Trinajstić information content (AvgIpc) is 3.38. The van der Waals surface area contributed by atoms with Gasteiger partial charge in [0, 0.05) is 43.4 Å². The summed E-state index contributed by atoms with van der Waals surface area (Å²) in [6.07, 6.45) is 1.30. The van der Waals surface area contributed by atoms with E-state index in [0.717, 1.165) is 28.1 Å². The largest absolute Gasteiger partial charge is 0.332 e. The van der Waals surface area contributed by atoms with E-state index >= 15 is 0 Å². The van der Waals surface area contributed by atoms with Crippen molar-refractivity contribution in [3.8, 4) is 11.6 Å². The number of amides is 2. The fraction of sp³-hybridized carbons (Fsp3) is 0.250. The molecule has 2 amide bonds. The lowest BCUT2D eigenvalue weighted by molar-refractivity contribution is 0.206. The summed E-state index contributed by atoms with van der Waals surface area (Å²) in [4.78, 5) is 19.2. The van der Waals surface area contributed by atoms with E-state index in [1.807, 2.05) is 73.3 Å². The van der Waals surface area contributed by atoms with Crippen LogP contribution < -0.4 is 5.32 Å². The molecule has 8 nitrogen and oxygen atoms in total. The highest BCUT2D eigenvalue weighted by Gasteiger charge is 2.29. The first-order valence-electron chi connectivity index (χ1n) is 10.6. The van der Waals surface area contributed by atoms with Gasteiger partial charge in [-0.15, -0.1) is 0 Å². The van der Waals surface area contributed by atoms with Crippen LogP contribution in [0.4, 0.5) is 10.5 Å². The Hall–Kier alpha value is -3.94. The van der Waals surface area contributed by atoms with Gasteiger partial charge in [-0.25, -0.2) is 4.79 Å². The number of carbonyl (C=O) groups is 1. The second-order valence-electron chi connectivity index (χ2n) is 8.05. The molecule has 0 aliphatic carbocycles. The van der Waals surface area contributed by atoms with E-state index in [-0.39, 0.29) is 6.03 Å². The van der Waals surface area contributed by atoms with Gasteiger partial charge in [-0.1, -0.05) is 47.6 Å². The van der Waals surface area contributed by atoms with Crippen LogP contribution >= 0.6 is 0 Å². The second-order valence-corrected chi connectivity index (χ2v) is 8.05. The summed E-state index contributed by atoms with van der Waals surface area (Å²) in [5.41, 5.74) is 5.68. The monoisotopic (exact) mass is 428 g/mol. The third-order valence-corrected chi connectivity index (χ3v) is 5.67. The fourth-order valence-corrected chi connectivity index (χ4v) is 4.06. The molecule has 8 heteroatoms. The van der Waals surface area contributed by atoms with Crippen molar-refractivity contribution in [2.24, 2.45) is 7.05 Å². The summed E-state index contributed by atoms with van der Waals surface area (Å²) in [5.74, 6) is 0.990. The smallest absolute Gasteiger partial charge is 0.322 e. The summed E-state index contributed by atoms with van der Waals surface area (Å²) >= 11 is 0. The molecule has 0 radical (unpaired) electrons. The molecule has 0 spiro atoms. The molecule has 5 rings (SSSR count). The number of aromatic nitrogens is 4. The average molecular weight is 428 g/mol. The predicted octanol–water partition coefficient (Wildman–Crippen LogP) is 3.96. The standard InChI is InChI=1S/C24H24N6O2/c1-16-7-6-10-18(13-16)25-24(31)30-12-11-20-19(15-30)22(27-29(20)2)23-26-21(28-32-23)14-17-8-4-3-5-9-17/h3-10,13H,11-12,14-15H2,1-2H3,(H,25,31). The minimum absolute atomic E-state index is 0.133. The molecule has 0 bridgehead atoms. The summed E-state index contributed by atoms with van der Waals surface area (Å²) in [6.45, 7) is 3.06. The van der Waals surface area contributed by atoms with E-state index in [9.17, 15) is 4.79 Å². The number of fused-ring (bicyclic) bond motifs is 1. The van der Waals surface area contributed by atoms with Crippen molar-refractivity contribution in [3.63, 3.8) is 0 Å². The molecule has 2 aromatic heterocycles. The number of carbonyl (C=O) groups excluding carboxylic acids is 1. The number of rotatable bonds is 4. The lowest BCUT2D eigenvalue weighted by Gasteiger charge is -2.27. The van der Waals surface area contributed by atoms with E-state index in [4.69, 9.17) is 4.52 Å². The van der Waals surface area contributed by atoms with Gasteiger partial charge in [-0.05, 0) is 30.2 Å². The van der Waals surface area contributed by atoms with Gasteiger partial charge in [0.15, 0.2) is 11.5 Å². The number of nitrogens with one attached hydrogen (secondary N) is 1. The Balaban J connectivity index is 1.36. The molecule has 162 valence electrons. The van der Waals surface area contributed by atoms with Crippen LogP contribution in [-0.2, 0) is 26.4 Å². The number of benzene rings is 2. The van der Waals surface area contributed by atoms with Gasteiger partial charge in [0.1, 0.15) is 0 Å². The highest BCUT2D eigenvalue weighted by Crippen LogP contribution is 2.29. The SMILES string of the molecule is Cc1cccc(NC(=O)N2CCc3c(c(-c4nc(Cc5ccccc5)no4)nn3C)C2)c1. The van der Waals surface area contributed by atoms with Crippen LogP contribution in [0.5, 0.6) is 0 Å². The Morgan fingerprint density at radius 3 is 2.81 bits per heavy atom. The first-order chi connectivity index (χ1) is 15.6. The number of anilines is 1. The van der Waals surface area contributed by atoms with Gasteiger partial charge in [-0.3, -0.25) is 4.68 Å². The molecular formula is C24H24N6O2. The predicted molar refractivity (Wildman–Crippen MR) is 120 cm³/mol. The third kappa shape index (κ3) is 3.99. The van der Waals surface area contributed by atoms with Crippen molar-refractivity contribution < 1.29 is 9.32 Å². The Bertz CT molecular complexity index is 1260. The van der Waals surface area contributed by atoms with Crippen molar-refractivity contribution in [2.75, 3.05) is 11.9 Å². The van der Waals surface area contributed by atoms with E-state index in [0.29, 0.717) is 43.3 Å². The maximum Gasteiger partial charge on any atom is 0.322 e. The van der Waals surface area contributed by atoms with Crippen molar-refractivity contribution in [2.45, 2.75) is 26.3 Å². The van der Waals surface area contributed by atoms with Crippen LogP contribution in [0.25, 0.3) is 11.6 Å². The van der Waals surface area contributed by atoms with Crippen molar-refractivity contribution in [1.82, 2.24) is 24.8 Å². The molecule has 4 aromatic rings. The van der Waals surface area contributed by atoms with Crippen LogP contribution in [0.3, 0.4) is 0 Å². The molecule has 0 saturated heterocycles. The number of urea groups is 1. The van der Waals surface area contributed by atoms with Crippen molar-refractivity contribution >= 4 is 11.7 Å². The molecule has 0 fully saturated rings. The quantitative estimate of drug-likeness (QED) is 0.531. The molecule has 1 N–H and O–H groups in total. The van der Waals surface area contributed by atoms with Crippen LogP contribution in [0, 0.1) is 6.92 Å². The van der Waals surface area contributed by atoms with Crippen LogP contribution in [-0.4, -0.2) is 37.4 Å². The summed E-state index contributed by atoms with van der Waals surface area (Å²) in [7, 11) is 1.91. The third-order valence-electron chi connectivity index (χ3n) is 5.67. The minimum atomic E-state index is -0.133. The van der Waals surface area contributed by atoms with Crippen molar-refractivity contribution in [1.29, 1.82) is 0 Å².